The summed E-state index contributed by atoms with van der Waals surface area (Å²) in [4.78, 5) is 16.2. The van der Waals surface area contributed by atoms with Crippen molar-refractivity contribution in [2.75, 3.05) is 0 Å². The summed E-state index contributed by atoms with van der Waals surface area (Å²) in [5.41, 5.74) is 8.34. The van der Waals surface area contributed by atoms with E-state index >= 15 is 0 Å². The second-order valence-corrected chi connectivity index (χ2v) is 8.48. The largest absolute Gasteiger partial charge is 0.478 e. The predicted molar refractivity (Wildman–Crippen MR) is 129 cm³/mol. The molecular weight excluding hydrogens is 396 g/mol. The molecule has 4 nitrogen and oxygen atoms in total. The lowest BCUT2D eigenvalue weighted by Gasteiger charge is -2.13. The van der Waals surface area contributed by atoms with E-state index in [-0.39, 0.29) is 0 Å². The summed E-state index contributed by atoms with van der Waals surface area (Å²) < 4.78 is 2.15. The van der Waals surface area contributed by atoms with Crippen molar-refractivity contribution >= 4 is 22.6 Å². The van der Waals surface area contributed by atoms with E-state index in [1.165, 1.54) is 36.8 Å². The van der Waals surface area contributed by atoms with Crippen LogP contribution in [-0.2, 0) is 6.54 Å². The van der Waals surface area contributed by atoms with Crippen molar-refractivity contribution in [2.24, 2.45) is 0 Å². The van der Waals surface area contributed by atoms with E-state index in [0.717, 1.165) is 33.5 Å². The van der Waals surface area contributed by atoms with E-state index in [2.05, 4.69) is 53.1 Å². The van der Waals surface area contributed by atoms with Crippen LogP contribution in [0.15, 0.2) is 72.8 Å². The Morgan fingerprint density at radius 3 is 2.53 bits per heavy atom. The molecule has 5 rings (SSSR count). The Morgan fingerprint density at radius 1 is 1.00 bits per heavy atom. The van der Waals surface area contributed by atoms with Gasteiger partial charge in [-0.05, 0) is 73.1 Å². The fourth-order valence-electron chi connectivity index (χ4n) is 4.65. The Morgan fingerprint density at radius 2 is 1.78 bits per heavy atom. The van der Waals surface area contributed by atoms with E-state index in [1.54, 1.807) is 18.2 Å². The SMILES string of the molecule is Cc1nc2c(-c3ccc(C4=CCCCC4)cc3)cccc2n1Cc1cccc(C(=O)O)c1. The molecule has 1 heterocycles. The minimum absolute atomic E-state index is 0.304. The van der Waals surface area contributed by atoms with Crippen LogP contribution in [0.4, 0.5) is 0 Å². The van der Waals surface area contributed by atoms with Gasteiger partial charge in [-0.2, -0.15) is 0 Å². The topological polar surface area (TPSA) is 55.1 Å². The van der Waals surface area contributed by atoms with Crippen LogP contribution in [0.3, 0.4) is 0 Å². The zero-order valence-corrected chi connectivity index (χ0v) is 18.2. The number of carbonyl (C=O) groups is 1. The predicted octanol–water partition coefficient (Wildman–Crippen LogP) is 6.72. The summed E-state index contributed by atoms with van der Waals surface area (Å²) in [6, 6.07) is 22.2. The molecule has 0 atom stereocenters. The molecule has 160 valence electrons. The summed E-state index contributed by atoms with van der Waals surface area (Å²) >= 11 is 0. The minimum atomic E-state index is -0.909. The Bertz CT molecular complexity index is 1330. The monoisotopic (exact) mass is 422 g/mol. The minimum Gasteiger partial charge on any atom is -0.478 e. The van der Waals surface area contributed by atoms with Crippen LogP contribution >= 0.6 is 0 Å². The standard InChI is InChI=1S/C28H26N2O2/c1-19-29-27-25(23-15-13-22(14-16-23)21-8-3-2-4-9-21)11-6-12-26(27)30(19)18-20-7-5-10-24(17-20)28(31)32/h5-8,10-17H,2-4,9,18H2,1H3,(H,31,32). The van der Waals surface area contributed by atoms with Gasteiger partial charge in [0.1, 0.15) is 5.82 Å². The van der Waals surface area contributed by atoms with Gasteiger partial charge in [0, 0.05) is 12.1 Å². The first kappa shape index (κ1) is 20.3. The number of imidazole rings is 1. The third kappa shape index (κ3) is 3.84. The van der Waals surface area contributed by atoms with Gasteiger partial charge < -0.3 is 9.67 Å². The van der Waals surface area contributed by atoms with Gasteiger partial charge in [-0.3, -0.25) is 0 Å². The number of aromatic nitrogens is 2. The van der Waals surface area contributed by atoms with Gasteiger partial charge in [0.25, 0.3) is 0 Å². The summed E-state index contributed by atoms with van der Waals surface area (Å²) in [5.74, 6) is 0.00550. The van der Waals surface area contributed by atoms with E-state index in [4.69, 9.17) is 4.98 Å². The Balaban J connectivity index is 1.50. The quantitative estimate of drug-likeness (QED) is 0.389. The van der Waals surface area contributed by atoms with Crippen LogP contribution in [0.5, 0.6) is 0 Å². The van der Waals surface area contributed by atoms with Crippen LogP contribution in [0, 0.1) is 6.92 Å². The number of nitrogens with zero attached hydrogens (tertiary/aromatic N) is 2. The van der Waals surface area contributed by atoms with E-state index in [0.29, 0.717) is 12.1 Å². The van der Waals surface area contributed by atoms with Crippen LogP contribution in [-0.4, -0.2) is 20.6 Å². The lowest BCUT2D eigenvalue weighted by Crippen LogP contribution is -2.04. The number of rotatable bonds is 5. The molecule has 4 aromatic rings. The molecule has 0 spiro atoms. The highest BCUT2D eigenvalue weighted by molar-refractivity contribution is 5.93. The Hall–Kier alpha value is -3.66. The molecule has 32 heavy (non-hydrogen) atoms. The number of hydrogen-bond acceptors (Lipinski definition) is 2. The molecule has 0 fully saturated rings. The molecule has 0 unspecified atom stereocenters. The third-order valence-corrected chi connectivity index (χ3v) is 6.34. The smallest absolute Gasteiger partial charge is 0.335 e. The van der Waals surface area contributed by atoms with E-state index < -0.39 is 5.97 Å². The molecule has 0 radical (unpaired) electrons. The summed E-state index contributed by atoms with van der Waals surface area (Å²) in [6.45, 7) is 2.59. The average Bonchev–Trinajstić information content (AvgIpc) is 3.15. The van der Waals surface area contributed by atoms with Crippen molar-refractivity contribution in [2.45, 2.75) is 39.2 Å². The van der Waals surface area contributed by atoms with Crippen molar-refractivity contribution in [3.8, 4) is 11.1 Å². The second kappa shape index (κ2) is 8.46. The van der Waals surface area contributed by atoms with Gasteiger partial charge in [-0.15, -0.1) is 0 Å². The lowest BCUT2D eigenvalue weighted by molar-refractivity contribution is 0.0696. The van der Waals surface area contributed by atoms with E-state index in [9.17, 15) is 9.90 Å². The molecule has 1 aromatic heterocycles. The van der Waals surface area contributed by atoms with Gasteiger partial charge in [-0.25, -0.2) is 9.78 Å². The number of benzene rings is 3. The molecule has 0 saturated heterocycles. The zero-order valence-electron chi connectivity index (χ0n) is 18.2. The number of aromatic carboxylic acids is 1. The highest BCUT2D eigenvalue weighted by Gasteiger charge is 2.14. The molecule has 1 N–H and O–H groups in total. The van der Waals surface area contributed by atoms with Crippen LogP contribution in [0.2, 0.25) is 0 Å². The van der Waals surface area contributed by atoms with Crippen molar-refractivity contribution in [1.29, 1.82) is 0 Å². The number of hydrogen-bond donors (Lipinski definition) is 1. The molecule has 0 aliphatic heterocycles. The van der Waals surface area contributed by atoms with Crippen LogP contribution in [0.25, 0.3) is 27.7 Å². The Labute approximate surface area is 187 Å². The number of carboxylic acids is 1. The van der Waals surface area contributed by atoms with E-state index in [1.807, 2.05) is 13.0 Å². The fourth-order valence-corrected chi connectivity index (χ4v) is 4.65. The van der Waals surface area contributed by atoms with Crippen molar-refractivity contribution in [3.63, 3.8) is 0 Å². The molecule has 0 saturated carbocycles. The molecule has 1 aliphatic rings. The van der Waals surface area contributed by atoms with Gasteiger partial charge in [-0.1, -0.05) is 54.6 Å². The van der Waals surface area contributed by atoms with Crippen LogP contribution in [0.1, 0.15) is 53.0 Å². The summed E-state index contributed by atoms with van der Waals surface area (Å²) in [7, 11) is 0. The molecule has 4 heteroatoms. The number of fused-ring (bicyclic) bond motifs is 1. The summed E-state index contributed by atoms with van der Waals surface area (Å²) in [5, 5.41) is 9.30. The zero-order chi connectivity index (χ0) is 22.1. The first-order chi connectivity index (χ1) is 15.6. The van der Waals surface area contributed by atoms with Crippen molar-refractivity contribution in [3.05, 3.63) is 95.3 Å². The van der Waals surface area contributed by atoms with Crippen molar-refractivity contribution in [1.82, 2.24) is 9.55 Å². The lowest BCUT2D eigenvalue weighted by atomic mass is 9.92. The fraction of sp³-hybridized carbons (Fsp3) is 0.214. The van der Waals surface area contributed by atoms with Gasteiger partial charge >= 0.3 is 5.97 Å². The number of aryl methyl sites for hydroxylation is 1. The van der Waals surface area contributed by atoms with Crippen LogP contribution < -0.4 is 0 Å². The van der Waals surface area contributed by atoms with Gasteiger partial charge in [0.2, 0.25) is 0 Å². The first-order valence-corrected chi connectivity index (χ1v) is 11.2. The normalized spacial score (nSPS) is 13.8. The third-order valence-electron chi connectivity index (χ3n) is 6.34. The maximum atomic E-state index is 11.3. The molecule has 0 bridgehead atoms. The highest BCUT2D eigenvalue weighted by Crippen LogP contribution is 2.32. The number of allylic oxidation sites excluding steroid dienone is 2. The number of carboxylic acid groups (broad SMARTS) is 1. The molecule has 0 amide bonds. The second-order valence-electron chi connectivity index (χ2n) is 8.48. The van der Waals surface area contributed by atoms with Gasteiger partial charge in [0.05, 0.1) is 16.6 Å². The maximum absolute atomic E-state index is 11.3. The number of para-hydroxylation sites is 1. The molecule has 1 aliphatic carbocycles. The van der Waals surface area contributed by atoms with Gasteiger partial charge in [0.15, 0.2) is 0 Å². The Kier molecular flexibility index (Phi) is 5.36. The highest BCUT2D eigenvalue weighted by atomic mass is 16.4. The average molecular weight is 423 g/mol. The summed E-state index contributed by atoms with van der Waals surface area (Å²) in [6.07, 6.45) is 7.30. The maximum Gasteiger partial charge on any atom is 0.335 e. The van der Waals surface area contributed by atoms with Crippen molar-refractivity contribution < 1.29 is 9.90 Å². The first-order valence-electron chi connectivity index (χ1n) is 11.2. The molecule has 3 aromatic carbocycles. The molecular formula is C28H26N2O2.